The zero-order valence-electron chi connectivity index (χ0n) is 10.7. The zero-order chi connectivity index (χ0) is 13.8. The first-order chi connectivity index (χ1) is 9.11. The van der Waals surface area contributed by atoms with Crippen molar-refractivity contribution in [3.8, 4) is 0 Å². The molecule has 3 amide bonds. The molecule has 0 bridgehead atoms. The van der Waals surface area contributed by atoms with Crippen molar-refractivity contribution < 1.29 is 28.6 Å². The lowest BCUT2D eigenvalue weighted by molar-refractivity contribution is -0.126. The van der Waals surface area contributed by atoms with Crippen LogP contribution in [0.2, 0.25) is 0 Å². The van der Waals surface area contributed by atoms with Crippen LogP contribution in [0.1, 0.15) is 0 Å². The van der Waals surface area contributed by atoms with Crippen molar-refractivity contribution >= 4 is 18.1 Å². The van der Waals surface area contributed by atoms with Gasteiger partial charge in [0.1, 0.15) is 6.61 Å². The van der Waals surface area contributed by atoms with E-state index in [0.717, 1.165) is 4.90 Å². The molecular formula is C11H16N2O6. The van der Waals surface area contributed by atoms with E-state index in [-0.39, 0.29) is 25.0 Å². The van der Waals surface area contributed by atoms with Crippen LogP contribution in [-0.2, 0) is 19.0 Å². The number of cyclic esters (lactones) is 1. The molecule has 2 aliphatic heterocycles. The summed E-state index contributed by atoms with van der Waals surface area (Å²) < 4.78 is 14.3. The summed E-state index contributed by atoms with van der Waals surface area (Å²) in [5.74, 6) is -0.240. The van der Waals surface area contributed by atoms with Crippen LogP contribution in [0.3, 0.4) is 0 Å². The molecule has 0 aromatic heterocycles. The fraction of sp³-hybridized carbons (Fsp3) is 0.727. The van der Waals surface area contributed by atoms with Crippen LogP contribution in [-0.4, -0.2) is 74.5 Å². The average Bonchev–Trinajstić information content (AvgIpc) is 2.64. The number of nitrogens with zero attached hydrogens (tertiary/aromatic N) is 2. The third-order valence-corrected chi connectivity index (χ3v) is 3.01. The van der Waals surface area contributed by atoms with E-state index in [4.69, 9.17) is 9.47 Å². The first kappa shape index (κ1) is 13.6. The second-order valence-electron chi connectivity index (χ2n) is 4.44. The highest BCUT2D eigenvalue weighted by molar-refractivity contribution is 5.97. The first-order valence-electron chi connectivity index (χ1n) is 5.99. The fourth-order valence-electron chi connectivity index (χ4n) is 1.95. The van der Waals surface area contributed by atoms with Crippen LogP contribution >= 0.6 is 0 Å². The molecule has 0 saturated carbocycles. The van der Waals surface area contributed by atoms with Crippen molar-refractivity contribution in [3.05, 3.63) is 0 Å². The van der Waals surface area contributed by atoms with E-state index in [1.165, 1.54) is 12.0 Å². The smallest absolute Gasteiger partial charge is 0.417 e. The van der Waals surface area contributed by atoms with Crippen LogP contribution in [0.4, 0.5) is 9.59 Å². The minimum absolute atomic E-state index is 0.0876. The van der Waals surface area contributed by atoms with Crippen LogP contribution in [0, 0.1) is 5.92 Å². The molecule has 0 aromatic rings. The van der Waals surface area contributed by atoms with Gasteiger partial charge in [-0.15, -0.1) is 0 Å². The van der Waals surface area contributed by atoms with E-state index in [0.29, 0.717) is 26.2 Å². The summed E-state index contributed by atoms with van der Waals surface area (Å²) in [5, 5.41) is 0. The molecule has 8 heteroatoms. The predicted molar refractivity (Wildman–Crippen MR) is 61.3 cm³/mol. The molecule has 2 aliphatic rings. The molecule has 0 radical (unpaired) electrons. The molecule has 0 atom stereocenters. The monoisotopic (exact) mass is 272 g/mol. The van der Waals surface area contributed by atoms with Gasteiger partial charge in [-0.25, -0.2) is 14.5 Å². The van der Waals surface area contributed by atoms with E-state index in [1.807, 2.05) is 0 Å². The van der Waals surface area contributed by atoms with Crippen LogP contribution in [0.25, 0.3) is 0 Å². The van der Waals surface area contributed by atoms with Crippen molar-refractivity contribution in [2.45, 2.75) is 0 Å². The largest absolute Gasteiger partial charge is 0.447 e. The van der Waals surface area contributed by atoms with Crippen molar-refractivity contribution in [3.63, 3.8) is 0 Å². The maximum absolute atomic E-state index is 11.5. The molecule has 0 aromatic carbocycles. The lowest BCUT2D eigenvalue weighted by Gasteiger charge is -2.39. The summed E-state index contributed by atoms with van der Waals surface area (Å²) in [6, 6.07) is 0. The predicted octanol–water partition coefficient (Wildman–Crippen LogP) is -0.320. The molecule has 8 nitrogen and oxygen atoms in total. The topological polar surface area (TPSA) is 85.4 Å². The Morgan fingerprint density at radius 3 is 2.68 bits per heavy atom. The van der Waals surface area contributed by atoms with Gasteiger partial charge in [0.15, 0.2) is 6.61 Å². The number of likely N-dealkylation sites (tertiary alicyclic amines) is 1. The summed E-state index contributed by atoms with van der Waals surface area (Å²) >= 11 is 0. The number of methoxy groups -OCH3 is 1. The Morgan fingerprint density at radius 1 is 1.37 bits per heavy atom. The molecule has 0 N–H and O–H groups in total. The third kappa shape index (κ3) is 3.14. The van der Waals surface area contributed by atoms with Gasteiger partial charge in [0.2, 0.25) is 0 Å². The second kappa shape index (κ2) is 5.87. The van der Waals surface area contributed by atoms with Gasteiger partial charge in [-0.05, 0) is 0 Å². The maximum Gasteiger partial charge on any atom is 0.417 e. The molecular weight excluding hydrogens is 256 g/mol. The van der Waals surface area contributed by atoms with Crippen molar-refractivity contribution in [1.29, 1.82) is 0 Å². The van der Waals surface area contributed by atoms with Gasteiger partial charge in [0.25, 0.3) is 5.91 Å². The van der Waals surface area contributed by atoms with E-state index >= 15 is 0 Å². The molecule has 2 rings (SSSR count). The highest BCUT2D eigenvalue weighted by Crippen LogP contribution is 2.19. The number of carbonyl (C=O) groups excluding carboxylic acids is 3. The third-order valence-electron chi connectivity index (χ3n) is 3.01. The van der Waals surface area contributed by atoms with E-state index < -0.39 is 12.2 Å². The SMILES string of the molecule is COCCOC(=O)N1CC(CN2C(=O)COC2=O)C1. The van der Waals surface area contributed by atoms with Gasteiger partial charge in [-0.3, -0.25) is 4.79 Å². The summed E-state index contributed by atoms with van der Waals surface area (Å²) in [6.07, 6.45) is -1.00. The Bertz CT molecular complexity index is 363. The molecule has 0 aliphatic carbocycles. The molecule has 19 heavy (non-hydrogen) atoms. The minimum atomic E-state index is -0.605. The maximum atomic E-state index is 11.5. The molecule has 106 valence electrons. The molecule has 0 spiro atoms. The van der Waals surface area contributed by atoms with Crippen LogP contribution < -0.4 is 0 Å². The van der Waals surface area contributed by atoms with Gasteiger partial charge in [0.05, 0.1) is 6.61 Å². The minimum Gasteiger partial charge on any atom is -0.447 e. The Morgan fingerprint density at radius 2 is 2.11 bits per heavy atom. The van der Waals surface area contributed by atoms with Gasteiger partial charge in [-0.2, -0.15) is 0 Å². The van der Waals surface area contributed by atoms with Gasteiger partial charge in [0, 0.05) is 32.7 Å². The van der Waals surface area contributed by atoms with E-state index in [1.54, 1.807) is 0 Å². The number of amides is 3. The lowest BCUT2D eigenvalue weighted by Crippen LogP contribution is -2.54. The fourth-order valence-corrected chi connectivity index (χ4v) is 1.95. The normalized spacial score (nSPS) is 19.4. The van der Waals surface area contributed by atoms with Crippen LogP contribution in [0.15, 0.2) is 0 Å². The summed E-state index contributed by atoms with van der Waals surface area (Å²) in [7, 11) is 1.53. The lowest BCUT2D eigenvalue weighted by atomic mass is 10.0. The number of hydrogen-bond acceptors (Lipinski definition) is 6. The van der Waals surface area contributed by atoms with Crippen molar-refractivity contribution in [2.24, 2.45) is 5.92 Å². The highest BCUT2D eigenvalue weighted by Gasteiger charge is 2.38. The summed E-state index contributed by atoms with van der Waals surface area (Å²) in [6.45, 7) is 1.63. The number of ether oxygens (including phenoxy) is 3. The Balaban J connectivity index is 1.67. The van der Waals surface area contributed by atoms with Crippen molar-refractivity contribution in [1.82, 2.24) is 9.80 Å². The summed E-state index contributed by atoms with van der Waals surface area (Å²) in [4.78, 5) is 36.6. The highest BCUT2D eigenvalue weighted by atomic mass is 16.6. The van der Waals surface area contributed by atoms with E-state index in [9.17, 15) is 14.4 Å². The average molecular weight is 272 g/mol. The summed E-state index contributed by atoms with van der Waals surface area (Å²) in [5.41, 5.74) is 0. The standard InChI is InChI=1S/C11H16N2O6/c1-17-2-3-18-10(15)12-4-8(5-12)6-13-9(14)7-19-11(13)16/h8H,2-7H2,1H3. The molecule has 2 fully saturated rings. The Labute approximate surface area is 110 Å². The zero-order valence-corrected chi connectivity index (χ0v) is 10.7. The number of carbonyl (C=O) groups is 3. The molecule has 2 saturated heterocycles. The molecule has 2 heterocycles. The van der Waals surface area contributed by atoms with Gasteiger partial charge in [-0.1, -0.05) is 0 Å². The van der Waals surface area contributed by atoms with Crippen molar-refractivity contribution in [2.75, 3.05) is 46.6 Å². The van der Waals surface area contributed by atoms with Crippen LogP contribution in [0.5, 0.6) is 0 Å². The number of rotatable bonds is 5. The second-order valence-corrected chi connectivity index (χ2v) is 4.44. The Hall–Kier alpha value is -1.83. The quantitative estimate of drug-likeness (QED) is 0.638. The molecule has 0 unspecified atom stereocenters. The first-order valence-corrected chi connectivity index (χ1v) is 5.99. The number of imide groups is 1. The van der Waals surface area contributed by atoms with Gasteiger partial charge >= 0.3 is 12.2 Å². The van der Waals surface area contributed by atoms with Gasteiger partial charge < -0.3 is 19.1 Å². The van der Waals surface area contributed by atoms with E-state index in [2.05, 4.69) is 4.74 Å². The Kier molecular flexibility index (Phi) is 4.20. The number of hydrogen-bond donors (Lipinski definition) is 0.